The Morgan fingerprint density at radius 2 is 1.82 bits per heavy atom. The van der Waals surface area contributed by atoms with Gasteiger partial charge in [-0.15, -0.1) is 0 Å². The summed E-state index contributed by atoms with van der Waals surface area (Å²) in [5, 5.41) is 2.12. The molecule has 16 heteroatoms. The molecule has 0 unspecified atom stereocenters. The highest BCUT2D eigenvalue weighted by molar-refractivity contribution is 6.05. The number of rotatable bonds is 7. The first kappa shape index (κ1) is 26.7. The first-order valence-electron chi connectivity index (χ1n) is 9.27. The minimum Gasteiger partial charge on any atom is -0.385 e. The summed E-state index contributed by atoms with van der Waals surface area (Å²) in [4.78, 5) is 25.9. The third-order valence-electron chi connectivity index (χ3n) is 4.33. The molecule has 2 aromatic heterocycles. The van der Waals surface area contributed by atoms with Crippen molar-refractivity contribution in [2.24, 2.45) is 10.7 Å². The van der Waals surface area contributed by atoms with E-state index in [2.05, 4.69) is 25.3 Å². The third kappa shape index (κ3) is 5.86. The van der Waals surface area contributed by atoms with E-state index in [-0.39, 0.29) is 12.4 Å². The highest BCUT2D eigenvalue weighted by atomic mass is 19.4. The summed E-state index contributed by atoms with van der Waals surface area (Å²) in [5.41, 5.74) is 5.30. The maximum Gasteiger partial charge on any atom is 0.434 e. The number of alkyl halides is 6. The average Bonchev–Trinajstić information content (AvgIpc) is 2.72. The molecule has 0 fully saturated rings. The van der Waals surface area contributed by atoms with Crippen molar-refractivity contribution >= 4 is 23.4 Å². The zero-order valence-corrected chi connectivity index (χ0v) is 17.6. The Morgan fingerprint density at radius 3 is 2.35 bits per heavy atom. The van der Waals surface area contributed by atoms with Crippen molar-refractivity contribution in [1.82, 2.24) is 15.0 Å². The molecule has 0 aliphatic heterocycles. The number of amides is 1. The number of nitrogens with one attached hydrogen (secondary N) is 1. The number of aromatic nitrogens is 3. The Kier molecular flexibility index (Phi) is 7.65. The predicted molar refractivity (Wildman–Crippen MR) is 105 cm³/mol. The second-order valence-corrected chi connectivity index (χ2v) is 6.73. The Hall–Kier alpha value is -3.56. The fourth-order valence-electron chi connectivity index (χ4n) is 2.46. The monoisotopic (exact) mass is 497 g/mol. The van der Waals surface area contributed by atoms with Gasteiger partial charge < -0.3 is 21.5 Å². The van der Waals surface area contributed by atoms with E-state index >= 15 is 0 Å². The Morgan fingerprint density at radius 1 is 1.18 bits per heavy atom. The molecule has 0 aliphatic rings. The number of anilines is 2. The smallest absolute Gasteiger partial charge is 0.385 e. The molecule has 2 heterocycles. The normalized spacial score (nSPS) is 14.6. The summed E-state index contributed by atoms with van der Waals surface area (Å²) in [6.07, 6.45) is -9.46. The predicted octanol–water partition coefficient (Wildman–Crippen LogP) is 3.08. The molecule has 5 N–H and O–H groups in total. The van der Waals surface area contributed by atoms with Gasteiger partial charge in [0.05, 0.1) is 18.4 Å². The molecule has 0 saturated carbocycles. The number of amidine groups is 1. The van der Waals surface area contributed by atoms with Gasteiger partial charge in [-0.3, -0.25) is 9.79 Å². The van der Waals surface area contributed by atoms with Crippen LogP contribution in [-0.4, -0.2) is 45.1 Å². The number of ether oxygens (including phenoxy) is 1. The van der Waals surface area contributed by atoms with Crippen LogP contribution in [0.3, 0.4) is 0 Å². The molecule has 34 heavy (non-hydrogen) atoms. The van der Waals surface area contributed by atoms with Crippen LogP contribution in [0.15, 0.2) is 23.3 Å². The van der Waals surface area contributed by atoms with Crippen LogP contribution in [0, 0.1) is 5.82 Å². The van der Waals surface area contributed by atoms with Gasteiger partial charge in [-0.2, -0.15) is 26.3 Å². The largest absolute Gasteiger partial charge is 0.434 e. The van der Waals surface area contributed by atoms with Gasteiger partial charge in [-0.1, -0.05) is 0 Å². The molecule has 1 amide bonds. The quantitative estimate of drug-likeness (QED) is 0.303. The Bertz CT molecular complexity index is 1090. The van der Waals surface area contributed by atoms with Gasteiger partial charge in [-0.25, -0.2) is 19.3 Å². The standard InChI is InChI=1S/C18H18F7N7O2/c1-3-34-16(2,18(23,24)25)15(27)29-6-9-8(19)4-5-11(30-9)32-14(33)12-13(26)31-10(7-28-12)17(20,21)22/h4-5,7H,3,6H2,1-2H3,(H2,26,31)(H2,27,29)(H,30,32,33)/t16-/m1/s1. The van der Waals surface area contributed by atoms with Crippen molar-refractivity contribution in [3.05, 3.63) is 41.2 Å². The van der Waals surface area contributed by atoms with Gasteiger partial charge in [0.15, 0.2) is 17.2 Å². The van der Waals surface area contributed by atoms with E-state index in [0.29, 0.717) is 13.1 Å². The van der Waals surface area contributed by atoms with Crippen molar-refractivity contribution in [2.45, 2.75) is 38.3 Å². The van der Waals surface area contributed by atoms with Crippen LogP contribution in [0.2, 0.25) is 0 Å². The fourth-order valence-corrected chi connectivity index (χ4v) is 2.46. The zero-order chi connectivity index (χ0) is 25.9. The van der Waals surface area contributed by atoms with Crippen LogP contribution in [0.25, 0.3) is 0 Å². The number of hydrogen-bond acceptors (Lipinski definition) is 7. The number of halogens is 7. The topological polar surface area (TPSA) is 141 Å². The fraction of sp³-hybridized carbons (Fsp3) is 0.389. The molecule has 0 aromatic carbocycles. The third-order valence-corrected chi connectivity index (χ3v) is 4.33. The molecular weight excluding hydrogens is 479 g/mol. The molecule has 2 aromatic rings. The number of aliphatic imine (C=N–C) groups is 1. The molecule has 0 spiro atoms. The van der Waals surface area contributed by atoms with E-state index in [4.69, 9.17) is 16.2 Å². The number of carbonyl (C=O) groups is 1. The second kappa shape index (κ2) is 9.74. The van der Waals surface area contributed by atoms with Crippen LogP contribution in [-0.2, 0) is 17.5 Å². The van der Waals surface area contributed by atoms with E-state index in [1.165, 1.54) is 6.92 Å². The van der Waals surface area contributed by atoms with Crippen LogP contribution >= 0.6 is 0 Å². The summed E-state index contributed by atoms with van der Waals surface area (Å²) in [5.74, 6) is -4.22. The van der Waals surface area contributed by atoms with Gasteiger partial charge in [0.2, 0.25) is 5.60 Å². The number of nitrogen functional groups attached to an aromatic ring is 1. The maximum atomic E-state index is 14.1. The lowest BCUT2D eigenvalue weighted by Gasteiger charge is -2.31. The summed E-state index contributed by atoms with van der Waals surface area (Å²) in [6.45, 7) is 0.891. The van der Waals surface area contributed by atoms with Crippen molar-refractivity contribution in [3.8, 4) is 0 Å². The molecule has 9 nitrogen and oxygen atoms in total. The number of nitrogens with zero attached hydrogens (tertiary/aromatic N) is 4. The maximum absolute atomic E-state index is 14.1. The minimum atomic E-state index is -4.92. The van der Waals surface area contributed by atoms with Crippen LogP contribution < -0.4 is 16.8 Å². The van der Waals surface area contributed by atoms with Gasteiger partial charge in [0.1, 0.15) is 17.5 Å². The Balaban J connectivity index is 2.25. The van der Waals surface area contributed by atoms with Crippen molar-refractivity contribution < 1.29 is 40.3 Å². The number of nitrogens with two attached hydrogens (primary N) is 2. The number of carbonyl (C=O) groups excluding carboxylic acids is 1. The molecule has 1 atom stereocenters. The molecule has 0 bridgehead atoms. The lowest BCUT2D eigenvalue weighted by molar-refractivity contribution is -0.240. The van der Waals surface area contributed by atoms with E-state index < -0.39 is 65.0 Å². The van der Waals surface area contributed by atoms with Gasteiger partial charge in [-0.05, 0) is 26.0 Å². The molecule has 0 radical (unpaired) electrons. The molecular formula is C18H18F7N7O2. The van der Waals surface area contributed by atoms with E-state index in [1.807, 2.05) is 0 Å². The summed E-state index contributed by atoms with van der Waals surface area (Å²) < 4.78 is 96.7. The van der Waals surface area contributed by atoms with Crippen molar-refractivity contribution in [3.63, 3.8) is 0 Å². The average molecular weight is 497 g/mol. The lowest BCUT2D eigenvalue weighted by atomic mass is 10.1. The van der Waals surface area contributed by atoms with Crippen LogP contribution in [0.4, 0.5) is 42.4 Å². The molecule has 2 rings (SSSR count). The summed E-state index contributed by atoms with van der Waals surface area (Å²) in [6, 6.07) is 1.81. The number of hydrogen-bond donors (Lipinski definition) is 3. The summed E-state index contributed by atoms with van der Waals surface area (Å²) >= 11 is 0. The zero-order valence-electron chi connectivity index (χ0n) is 17.6. The lowest BCUT2D eigenvalue weighted by Crippen LogP contribution is -2.55. The first-order chi connectivity index (χ1) is 15.6. The first-order valence-corrected chi connectivity index (χ1v) is 9.27. The van der Waals surface area contributed by atoms with Gasteiger partial charge in [0.25, 0.3) is 5.91 Å². The van der Waals surface area contributed by atoms with Gasteiger partial charge >= 0.3 is 12.4 Å². The van der Waals surface area contributed by atoms with E-state index in [0.717, 1.165) is 12.1 Å². The van der Waals surface area contributed by atoms with Crippen LogP contribution in [0.1, 0.15) is 35.7 Å². The van der Waals surface area contributed by atoms with Crippen LogP contribution in [0.5, 0.6) is 0 Å². The van der Waals surface area contributed by atoms with E-state index in [9.17, 15) is 35.5 Å². The number of pyridine rings is 1. The Labute approximate surface area is 187 Å². The second-order valence-electron chi connectivity index (χ2n) is 6.73. The van der Waals surface area contributed by atoms with Gasteiger partial charge in [0, 0.05) is 6.61 Å². The molecule has 0 aliphatic carbocycles. The molecule has 186 valence electrons. The van der Waals surface area contributed by atoms with Crippen molar-refractivity contribution in [1.29, 1.82) is 0 Å². The SMILES string of the molecule is CCO[C@](C)(/C(N)=N\Cc1nc(NC(=O)c2ncc(C(F)(F)F)nc2N)ccc1F)C(F)(F)F. The highest BCUT2D eigenvalue weighted by Crippen LogP contribution is 2.34. The summed E-state index contributed by atoms with van der Waals surface area (Å²) in [7, 11) is 0. The molecule has 0 saturated heterocycles. The van der Waals surface area contributed by atoms with E-state index in [1.54, 1.807) is 0 Å². The minimum absolute atomic E-state index is 0.294. The highest BCUT2D eigenvalue weighted by Gasteiger charge is 2.55. The van der Waals surface area contributed by atoms with Crippen molar-refractivity contribution in [2.75, 3.05) is 17.7 Å².